The van der Waals surface area contributed by atoms with Crippen LogP contribution in [0, 0.1) is 5.82 Å². The van der Waals surface area contributed by atoms with E-state index in [0.29, 0.717) is 19.6 Å². The quantitative estimate of drug-likeness (QED) is 0.875. The maximum Gasteiger partial charge on any atom is 0.237 e. The molecule has 1 aliphatic rings. The minimum atomic E-state index is -0.809. The number of amides is 1. The van der Waals surface area contributed by atoms with Crippen LogP contribution in [0.2, 0.25) is 0 Å². The average Bonchev–Trinajstić information content (AvgIpc) is 2.93. The number of halogens is 1. The smallest absolute Gasteiger partial charge is 0.237 e. The topological polar surface area (TPSA) is 43.8 Å². The van der Waals surface area contributed by atoms with Crippen molar-refractivity contribution in [3.63, 3.8) is 0 Å². The van der Waals surface area contributed by atoms with Crippen LogP contribution in [-0.2, 0) is 11.3 Å². The van der Waals surface area contributed by atoms with E-state index in [9.17, 15) is 14.3 Å². The molecule has 0 radical (unpaired) electrons. The second-order valence-electron chi connectivity index (χ2n) is 6.82. The van der Waals surface area contributed by atoms with Gasteiger partial charge in [-0.05, 0) is 57.9 Å². The van der Waals surface area contributed by atoms with E-state index in [4.69, 9.17) is 0 Å². The Morgan fingerprint density at radius 3 is 2.83 bits per heavy atom. The van der Waals surface area contributed by atoms with E-state index in [1.807, 2.05) is 13.0 Å². The van der Waals surface area contributed by atoms with Gasteiger partial charge in [0.1, 0.15) is 5.82 Å². The van der Waals surface area contributed by atoms with E-state index in [1.54, 1.807) is 24.8 Å². The first kappa shape index (κ1) is 17.9. The first-order valence-corrected chi connectivity index (χ1v) is 8.30. The van der Waals surface area contributed by atoms with Crippen LogP contribution in [0.15, 0.2) is 24.3 Å². The van der Waals surface area contributed by atoms with E-state index >= 15 is 0 Å². The van der Waals surface area contributed by atoms with Crippen LogP contribution in [0.5, 0.6) is 0 Å². The predicted octanol–water partition coefficient (Wildman–Crippen LogP) is 2.41. The molecule has 0 aliphatic carbocycles. The number of nitrogens with zero attached hydrogens (tertiary/aromatic N) is 2. The molecule has 1 unspecified atom stereocenters. The molecule has 1 heterocycles. The molecule has 0 aromatic heterocycles. The summed E-state index contributed by atoms with van der Waals surface area (Å²) in [4.78, 5) is 16.4. The van der Waals surface area contributed by atoms with E-state index in [0.717, 1.165) is 24.9 Å². The lowest BCUT2D eigenvalue weighted by Crippen LogP contribution is -2.49. The second kappa shape index (κ2) is 7.41. The molecule has 1 fully saturated rings. The summed E-state index contributed by atoms with van der Waals surface area (Å²) in [5.41, 5.74) is -0.0169. The zero-order valence-corrected chi connectivity index (χ0v) is 14.3. The van der Waals surface area contributed by atoms with Crippen LogP contribution in [-0.4, -0.2) is 52.1 Å². The zero-order chi connectivity index (χ0) is 17.0. The highest BCUT2D eigenvalue weighted by Gasteiger charge is 2.37. The van der Waals surface area contributed by atoms with Gasteiger partial charge in [-0.1, -0.05) is 12.1 Å². The maximum absolute atomic E-state index is 13.3. The average molecular weight is 322 g/mol. The molecular formula is C18H27FN2O2. The van der Waals surface area contributed by atoms with E-state index in [2.05, 4.69) is 4.90 Å². The lowest BCUT2D eigenvalue weighted by molar-refractivity contribution is -0.134. The van der Waals surface area contributed by atoms with Gasteiger partial charge >= 0.3 is 0 Å². The molecule has 1 aromatic carbocycles. The first-order valence-electron chi connectivity index (χ1n) is 8.30. The zero-order valence-electron chi connectivity index (χ0n) is 14.3. The number of aliphatic hydroxyl groups is 1. The molecule has 1 atom stereocenters. The Morgan fingerprint density at radius 1 is 1.48 bits per heavy atom. The number of carbonyl (C=O) groups is 1. The van der Waals surface area contributed by atoms with Gasteiger partial charge in [0.05, 0.1) is 12.1 Å². The van der Waals surface area contributed by atoms with Gasteiger partial charge in [-0.15, -0.1) is 0 Å². The first-order chi connectivity index (χ1) is 10.8. The van der Waals surface area contributed by atoms with Gasteiger partial charge in [0.25, 0.3) is 0 Å². The lowest BCUT2D eigenvalue weighted by atomic mass is 9.97. The number of carbonyl (C=O) groups excluding carboxylic acids is 1. The van der Waals surface area contributed by atoms with Crippen LogP contribution < -0.4 is 0 Å². The van der Waals surface area contributed by atoms with Crippen molar-refractivity contribution in [3.05, 3.63) is 35.6 Å². The number of likely N-dealkylation sites (tertiary alicyclic amines) is 1. The number of hydrogen-bond acceptors (Lipinski definition) is 3. The Bertz CT molecular complexity index is 542. The van der Waals surface area contributed by atoms with Crippen molar-refractivity contribution in [3.8, 4) is 0 Å². The van der Waals surface area contributed by atoms with Crippen LogP contribution in [0.25, 0.3) is 0 Å². The van der Waals surface area contributed by atoms with Gasteiger partial charge in [-0.3, -0.25) is 9.69 Å². The molecular weight excluding hydrogens is 295 g/mol. The highest BCUT2D eigenvalue weighted by molar-refractivity contribution is 5.78. The summed E-state index contributed by atoms with van der Waals surface area (Å²) in [5.74, 6) is -0.263. The molecule has 1 N–H and O–H groups in total. The van der Waals surface area contributed by atoms with Crippen molar-refractivity contribution in [2.24, 2.45) is 0 Å². The van der Waals surface area contributed by atoms with E-state index in [1.165, 1.54) is 12.1 Å². The van der Waals surface area contributed by atoms with Gasteiger partial charge in [-0.2, -0.15) is 0 Å². The van der Waals surface area contributed by atoms with E-state index < -0.39 is 5.60 Å². The van der Waals surface area contributed by atoms with Crippen molar-refractivity contribution >= 4 is 5.91 Å². The van der Waals surface area contributed by atoms with Gasteiger partial charge in [-0.25, -0.2) is 4.39 Å². The summed E-state index contributed by atoms with van der Waals surface area (Å²) >= 11 is 0. The highest BCUT2D eigenvalue weighted by atomic mass is 19.1. The van der Waals surface area contributed by atoms with Gasteiger partial charge < -0.3 is 10.0 Å². The molecule has 23 heavy (non-hydrogen) atoms. The number of likely N-dealkylation sites (N-methyl/N-ethyl adjacent to an activating group) is 1. The summed E-state index contributed by atoms with van der Waals surface area (Å²) in [5, 5.41) is 10.3. The fourth-order valence-electron chi connectivity index (χ4n) is 3.32. The van der Waals surface area contributed by atoms with Crippen molar-refractivity contribution in [1.82, 2.24) is 9.80 Å². The normalized spacial score (nSPS) is 19.1. The fraction of sp³-hybridized carbons (Fsp3) is 0.611. The second-order valence-corrected chi connectivity index (χ2v) is 6.82. The SMILES string of the molecule is CCN(Cc1cccc(F)c1)C(=O)CN1CCCC1C(C)(C)O. The molecule has 1 saturated heterocycles. The Morgan fingerprint density at radius 2 is 2.22 bits per heavy atom. The van der Waals surface area contributed by atoms with Gasteiger partial charge in [0.2, 0.25) is 5.91 Å². The van der Waals surface area contributed by atoms with Crippen LogP contribution in [0.3, 0.4) is 0 Å². The lowest BCUT2D eigenvalue weighted by Gasteiger charge is -2.34. The Kier molecular flexibility index (Phi) is 5.76. The van der Waals surface area contributed by atoms with Crippen molar-refractivity contribution in [2.45, 2.75) is 51.8 Å². The summed E-state index contributed by atoms with van der Waals surface area (Å²) in [6.07, 6.45) is 1.91. The molecule has 0 saturated carbocycles. The van der Waals surface area contributed by atoms with Gasteiger partial charge in [0, 0.05) is 19.1 Å². The van der Waals surface area contributed by atoms with Crippen LogP contribution in [0.1, 0.15) is 39.2 Å². The minimum Gasteiger partial charge on any atom is -0.389 e. The van der Waals surface area contributed by atoms with Crippen LogP contribution >= 0.6 is 0 Å². The Balaban J connectivity index is 2.00. The highest BCUT2D eigenvalue weighted by Crippen LogP contribution is 2.26. The summed E-state index contributed by atoms with van der Waals surface area (Å²) in [6, 6.07) is 6.37. The monoisotopic (exact) mass is 322 g/mol. The Hall–Kier alpha value is -1.46. The summed E-state index contributed by atoms with van der Waals surface area (Å²) in [6.45, 7) is 7.64. The third kappa shape index (κ3) is 4.75. The summed E-state index contributed by atoms with van der Waals surface area (Å²) < 4.78 is 13.3. The minimum absolute atomic E-state index is 0.0133. The van der Waals surface area contributed by atoms with Gasteiger partial charge in [0.15, 0.2) is 0 Å². The Labute approximate surface area is 137 Å². The molecule has 1 amide bonds. The predicted molar refractivity (Wildman–Crippen MR) is 88.4 cm³/mol. The number of rotatable bonds is 6. The van der Waals surface area contributed by atoms with Crippen molar-refractivity contribution < 1.29 is 14.3 Å². The molecule has 4 nitrogen and oxygen atoms in total. The molecule has 2 rings (SSSR count). The summed E-state index contributed by atoms with van der Waals surface area (Å²) in [7, 11) is 0. The van der Waals surface area contributed by atoms with E-state index in [-0.39, 0.29) is 17.8 Å². The van der Waals surface area contributed by atoms with Crippen LogP contribution in [0.4, 0.5) is 4.39 Å². The number of hydrogen-bond donors (Lipinski definition) is 1. The third-order valence-electron chi connectivity index (χ3n) is 4.51. The fourth-order valence-corrected chi connectivity index (χ4v) is 3.32. The molecule has 1 aromatic rings. The maximum atomic E-state index is 13.3. The standard InChI is InChI=1S/C18H27FN2O2/c1-4-20(12-14-7-5-8-15(19)11-14)17(22)13-21-10-6-9-16(21)18(2,3)23/h5,7-8,11,16,23H,4,6,9-10,12-13H2,1-3H3. The largest absolute Gasteiger partial charge is 0.389 e. The third-order valence-corrected chi connectivity index (χ3v) is 4.51. The molecule has 5 heteroatoms. The van der Waals surface area contributed by atoms with Crippen molar-refractivity contribution in [2.75, 3.05) is 19.6 Å². The molecule has 0 spiro atoms. The molecule has 128 valence electrons. The number of benzene rings is 1. The molecule has 0 bridgehead atoms. The van der Waals surface area contributed by atoms with Crippen molar-refractivity contribution in [1.29, 1.82) is 0 Å². The molecule has 1 aliphatic heterocycles.